The van der Waals surface area contributed by atoms with Gasteiger partial charge in [0.05, 0.1) is 5.69 Å². The van der Waals surface area contributed by atoms with Gasteiger partial charge in [-0.25, -0.2) is 0 Å². The fourth-order valence-corrected chi connectivity index (χ4v) is 1.17. The fourth-order valence-electron chi connectivity index (χ4n) is 1.17. The molecule has 0 aromatic carbocycles. The molecule has 1 aromatic rings. The molecule has 0 saturated heterocycles. The molecule has 0 aliphatic carbocycles. The van der Waals surface area contributed by atoms with Crippen molar-refractivity contribution < 1.29 is 4.79 Å². The molecule has 0 radical (unpaired) electrons. The minimum Gasteiger partial charge on any atom is -0.359 e. The van der Waals surface area contributed by atoms with E-state index in [1.807, 2.05) is 12.1 Å². The molecule has 1 N–H and O–H groups in total. The van der Waals surface area contributed by atoms with Crippen LogP contribution in [0.1, 0.15) is 43.1 Å². The Morgan fingerprint density at radius 1 is 1.50 bits per heavy atom. The lowest BCUT2D eigenvalue weighted by Crippen LogP contribution is -1.98. The van der Waals surface area contributed by atoms with Crippen LogP contribution < -0.4 is 0 Å². The van der Waals surface area contributed by atoms with E-state index in [4.69, 9.17) is 0 Å². The van der Waals surface area contributed by atoms with Crippen molar-refractivity contribution in [2.75, 3.05) is 0 Å². The van der Waals surface area contributed by atoms with Crippen LogP contribution in [0.5, 0.6) is 0 Å². The van der Waals surface area contributed by atoms with Gasteiger partial charge in [0.1, 0.15) is 0 Å². The predicted molar refractivity (Wildman–Crippen MR) is 49.3 cm³/mol. The Hall–Kier alpha value is -1.05. The molecule has 0 spiro atoms. The Bertz CT molecular complexity index is 226. The van der Waals surface area contributed by atoms with Crippen LogP contribution in [-0.2, 0) is 0 Å². The first kappa shape index (κ1) is 9.04. The predicted octanol–water partition coefficient (Wildman–Crippen LogP) is 2.78. The zero-order valence-electron chi connectivity index (χ0n) is 7.47. The zero-order valence-corrected chi connectivity index (χ0v) is 7.47. The zero-order chi connectivity index (χ0) is 8.81. The van der Waals surface area contributed by atoms with E-state index in [-0.39, 0.29) is 5.78 Å². The topological polar surface area (TPSA) is 32.9 Å². The summed E-state index contributed by atoms with van der Waals surface area (Å²) in [5.41, 5.74) is 0.742. The maximum Gasteiger partial charge on any atom is 0.178 e. The highest BCUT2D eigenvalue weighted by Crippen LogP contribution is 2.05. The molecule has 0 amide bonds. The van der Waals surface area contributed by atoms with Gasteiger partial charge in [0.15, 0.2) is 5.78 Å². The first-order valence-electron chi connectivity index (χ1n) is 4.51. The van der Waals surface area contributed by atoms with Crippen LogP contribution in [0.2, 0.25) is 0 Å². The number of carbonyl (C=O) groups is 1. The van der Waals surface area contributed by atoms with Crippen LogP contribution >= 0.6 is 0 Å². The van der Waals surface area contributed by atoms with Crippen molar-refractivity contribution in [1.29, 1.82) is 0 Å². The van der Waals surface area contributed by atoms with Gasteiger partial charge < -0.3 is 4.98 Å². The molecular weight excluding hydrogens is 150 g/mol. The number of aromatic amines is 1. The molecule has 1 rings (SSSR count). The second-order valence-electron chi connectivity index (χ2n) is 2.96. The van der Waals surface area contributed by atoms with Crippen molar-refractivity contribution in [1.82, 2.24) is 4.98 Å². The summed E-state index contributed by atoms with van der Waals surface area (Å²) in [6.45, 7) is 2.14. The Morgan fingerprint density at radius 3 is 2.92 bits per heavy atom. The summed E-state index contributed by atoms with van der Waals surface area (Å²) in [5.74, 6) is 0.230. The number of H-pyrrole nitrogens is 1. The molecule has 0 unspecified atom stereocenters. The number of hydrogen-bond acceptors (Lipinski definition) is 1. The number of unbranched alkanes of at least 4 members (excludes halogenated alkanes) is 2. The maximum atomic E-state index is 11.3. The molecule has 12 heavy (non-hydrogen) atoms. The highest BCUT2D eigenvalue weighted by atomic mass is 16.1. The molecule has 0 saturated carbocycles. The molecule has 66 valence electrons. The summed E-state index contributed by atoms with van der Waals surface area (Å²) in [6.07, 6.45) is 5.78. The molecule has 0 atom stereocenters. The summed E-state index contributed by atoms with van der Waals surface area (Å²) in [7, 11) is 0. The SMILES string of the molecule is CCCCCC(=O)c1ccc[nH]1. The Labute approximate surface area is 73.0 Å². The summed E-state index contributed by atoms with van der Waals surface area (Å²) in [5, 5.41) is 0. The highest BCUT2D eigenvalue weighted by molar-refractivity contribution is 5.94. The van der Waals surface area contributed by atoms with Gasteiger partial charge >= 0.3 is 0 Å². The van der Waals surface area contributed by atoms with Gasteiger partial charge in [0, 0.05) is 12.6 Å². The molecule has 2 nitrogen and oxygen atoms in total. The van der Waals surface area contributed by atoms with Crippen LogP contribution in [0.15, 0.2) is 18.3 Å². The number of aromatic nitrogens is 1. The third kappa shape index (κ3) is 2.53. The van der Waals surface area contributed by atoms with E-state index < -0.39 is 0 Å². The number of nitrogens with one attached hydrogen (secondary N) is 1. The molecule has 0 aliphatic heterocycles. The molecule has 1 aromatic heterocycles. The number of rotatable bonds is 5. The maximum absolute atomic E-state index is 11.3. The van der Waals surface area contributed by atoms with Crippen molar-refractivity contribution in [2.45, 2.75) is 32.6 Å². The van der Waals surface area contributed by atoms with Crippen molar-refractivity contribution in [3.63, 3.8) is 0 Å². The third-order valence-corrected chi connectivity index (χ3v) is 1.91. The minimum atomic E-state index is 0.230. The van der Waals surface area contributed by atoms with Crippen LogP contribution in [-0.4, -0.2) is 10.8 Å². The van der Waals surface area contributed by atoms with E-state index in [9.17, 15) is 4.79 Å². The van der Waals surface area contributed by atoms with Gasteiger partial charge in [-0.2, -0.15) is 0 Å². The first-order valence-corrected chi connectivity index (χ1v) is 4.51. The Balaban J connectivity index is 2.30. The average Bonchev–Trinajstić information content (AvgIpc) is 2.56. The lowest BCUT2D eigenvalue weighted by molar-refractivity contribution is 0.0975. The van der Waals surface area contributed by atoms with Crippen molar-refractivity contribution in [2.24, 2.45) is 0 Å². The Morgan fingerprint density at radius 2 is 2.33 bits per heavy atom. The van der Waals surface area contributed by atoms with Gasteiger partial charge in [0.25, 0.3) is 0 Å². The quantitative estimate of drug-likeness (QED) is 0.528. The fraction of sp³-hybridized carbons (Fsp3) is 0.500. The van der Waals surface area contributed by atoms with E-state index in [1.54, 1.807) is 6.20 Å². The average molecular weight is 165 g/mol. The van der Waals surface area contributed by atoms with E-state index in [1.165, 1.54) is 0 Å². The van der Waals surface area contributed by atoms with E-state index in [0.717, 1.165) is 25.0 Å². The molecule has 1 heterocycles. The summed E-state index contributed by atoms with van der Waals surface area (Å²) >= 11 is 0. The molecule has 0 fully saturated rings. The normalized spacial score (nSPS) is 10.1. The van der Waals surface area contributed by atoms with Crippen molar-refractivity contribution in [3.05, 3.63) is 24.0 Å². The summed E-state index contributed by atoms with van der Waals surface area (Å²) in [4.78, 5) is 14.3. The molecular formula is C10H15NO. The number of carbonyl (C=O) groups excluding carboxylic acids is 1. The summed E-state index contributed by atoms with van der Waals surface area (Å²) in [6, 6.07) is 3.68. The van der Waals surface area contributed by atoms with Crippen LogP contribution in [0, 0.1) is 0 Å². The van der Waals surface area contributed by atoms with Gasteiger partial charge in [-0.15, -0.1) is 0 Å². The van der Waals surface area contributed by atoms with Crippen molar-refractivity contribution in [3.8, 4) is 0 Å². The van der Waals surface area contributed by atoms with Crippen LogP contribution in [0.3, 0.4) is 0 Å². The number of ketones is 1. The van der Waals surface area contributed by atoms with Gasteiger partial charge in [0.2, 0.25) is 0 Å². The molecule has 2 heteroatoms. The number of hydrogen-bond donors (Lipinski definition) is 1. The Kier molecular flexibility index (Phi) is 3.58. The second kappa shape index (κ2) is 4.75. The first-order chi connectivity index (χ1) is 5.84. The monoisotopic (exact) mass is 165 g/mol. The smallest absolute Gasteiger partial charge is 0.178 e. The highest BCUT2D eigenvalue weighted by Gasteiger charge is 2.04. The molecule has 0 bridgehead atoms. The standard InChI is InChI=1S/C10H15NO/c1-2-3-4-7-10(12)9-6-5-8-11-9/h5-6,8,11H,2-4,7H2,1H3. The van der Waals surface area contributed by atoms with Crippen LogP contribution in [0.25, 0.3) is 0 Å². The second-order valence-corrected chi connectivity index (χ2v) is 2.96. The lowest BCUT2D eigenvalue weighted by atomic mass is 10.1. The summed E-state index contributed by atoms with van der Waals surface area (Å²) < 4.78 is 0. The van der Waals surface area contributed by atoms with E-state index >= 15 is 0 Å². The van der Waals surface area contributed by atoms with E-state index in [2.05, 4.69) is 11.9 Å². The van der Waals surface area contributed by atoms with Gasteiger partial charge in [-0.05, 0) is 18.6 Å². The van der Waals surface area contributed by atoms with Crippen molar-refractivity contribution >= 4 is 5.78 Å². The third-order valence-electron chi connectivity index (χ3n) is 1.91. The van der Waals surface area contributed by atoms with Gasteiger partial charge in [-0.3, -0.25) is 4.79 Å². The van der Waals surface area contributed by atoms with Gasteiger partial charge in [-0.1, -0.05) is 19.8 Å². The lowest BCUT2D eigenvalue weighted by Gasteiger charge is -1.96. The largest absolute Gasteiger partial charge is 0.359 e. The molecule has 0 aliphatic rings. The minimum absolute atomic E-state index is 0.230. The van der Waals surface area contributed by atoms with E-state index in [0.29, 0.717) is 6.42 Å². The number of Topliss-reactive ketones (excluding diaryl/α,β-unsaturated/α-hetero) is 1. The van der Waals surface area contributed by atoms with Crippen LogP contribution in [0.4, 0.5) is 0 Å².